The zero-order valence-electron chi connectivity index (χ0n) is 76.2. The van der Waals surface area contributed by atoms with E-state index < -0.39 is 87.8 Å². The molecule has 0 unspecified atom stereocenters. The van der Waals surface area contributed by atoms with E-state index in [1.807, 2.05) is 0 Å². The lowest BCUT2D eigenvalue weighted by Gasteiger charge is -2.22. The Morgan fingerprint density at radius 3 is 1.37 bits per heavy atom. The van der Waals surface area contributed by atoms with Crippen molar-refractivity contribution < 1.29 is 138 Å². The van der Waals surface area contributed by atoms with E-state index >= 15 is 0 Å². The maximum Gasteiger partial charge on any atom is 0.471 e. The van der Waals surface area contributed by atoms with Crippen molar-refractivity contribution in [2.45, 2.75) is 66.0 Å². The molecule has 0 saturated heterocycles. The molecule has 0 spiro atoms. The lowest BCUT2D eigenvalue weighted by Crippen LogP contribution is -2.33. The van der Waals surface area contributed by atoms with Crippen LogP contribution in [0.15, 0.2) is 121 Å². The topological polar surface area (TPSA) is 609 Å². The summed E-state index contributed by atoms with van der Waals surface area (Å²) in [5.41, 5.74) is 1.47. The largest absolute Gasteiger partial charge is 0.491 e. The maximum atomic E-state index is 14.3. The maximum absolute atomic E-state index is 14.3. The van der Waals surface area contributed by atoms with E-state index in [2.05, 4.69) is 76.8 Å². The van der Waals surface area contributed by atoms with Gasteiger partial charge in [-0.05, 0) is 111 Å². The third-order valence-corrected chi connectivity index (χ3v) is 20.6. The first-order chi connectivity index (χ1) is 65.3. The number of fused-ring (bicyclic) bond motifs is 1. The summed E-state index contributed by atoms with van der Waals surface area (Å²) in [7, 11) is -4.03. The fourth-order valence-electron chi connectivity index (χ4n) is 13.1. The summed E-state index contributed by atoms with van der Waals surface area (Å²) in [4.78, 5) is 184. The van der Waals surface area contributed by atoms with Gasteiger partial charge in [0.05, 0.1) is 123 Å². The van der Waals surface area contributed by atoms with E-state index in [0.717, 1.165) is 21.4 Å². The fraction of sp³-hybridized carbons (Fsp3) is 0.407. The number of hydrogen-bond donors (Lipinski definition) is 15. The van der Waals surface area contributed by atoms with Gasteiger partial charge in [-0.2, -0.15) is 0 Å². The number of imidazole rings is 3. The number of phosphoric acid groups is 2. The van der Waals surface area contributed by atoms with Crippen LogP contribution in [-0.2, 0) is 118 Å². The third kappa shape index (κ3) is 33.7. The number of carbonyl (C=O) groups excluding carboxylic acids is 9. The molecule has 0 fully saturated rings. The first-order valence-electron chi connectivity index (χ1n) is 42.7. The summed E-state index contributed by atoms with van der Waals surface area (Å²) in [5.74, 6) is -5.55. The molecule has 0 atom stereocenters. The smallest absolute Gasteiger partial charge is 0.471 e. The number of nitrogens with one attached hydrogen (secondary N) is 10. The molecule has 3 aromatic carbocycles. The van der Waals surface area contributed by atoms with Crippen LogP contribution in [0.5, 0.6) is 17.2 Å². The number of H-pyrrole nitrogens is 1. The number of anilines is 5. The molecular formula is C86H110FN19O29P2. The molecule has 0 bridgehead atoms. The molecule has 0 saturated carbocycles. The van der Waals surface area contributed by atoms with Crippen molar-refractivity contribution in [2.24, 2.45) is 28.2 Å². The van der Waals surface area contributed by atoms with Crippen LogP contribution in [0.4, 0.5) is 33.1 Å². The van der Waals surface area contributed by atoms with Gasteiger partial charge >= 0.3 is 15.6 Å². The Morgan fingerprint density at radius 1 is 0.460 bits per heavy atom. The van der Waals surface area contributed by atoms with Gasteiger partial charge in [-0.25, -0.2) is 28.5 Å². The van der Waals surface area contributed by atoms with E-state index in [1.54, 1.807) is 96.5 Å². The van der Waals surface area contributed by atoms with Crippen LogP contribution in [0.2, 0.25) is 0 Å². The van der Waals surface area contributed by atoms with Crippen molar-refractivity contribution in [1.82, 2.24) is 68.6 Å². The van der Waals surface area contributed by atoms with Crippen LogP contribution >= 0.6 is 15.6 Å². The van der Waals surface area contributed by atoms with Gasteiger partial charge in [0.1, 0.15) is 65.7 Å². The third-order valence-electron chi connectivity index (χ3n) is 19.7. The molecular weight excluding hydrogens is 1840 g/mol. The SMILES string of the molecule is Cc1cc(F)cc(C)c1Oc1ccc(C(C)(C)O)cc1-c1cn(C)c(=O)c2[nH]c(C(=O)Nc3ccc(OCCOCCOCCOCCOCCOCCOCCOCCOCCNC(=O)CCNC(=O)c4nc(NC(=O)CCNC(=O)c5cc(NC(=O)c6nc(NC(=O)CCNC(=O)c7cc(NC(=O)c8nccn8C)cn7COP(=O)(O)O)cn6C)cn5COP(=O)(O)O)cn4C)cc3)cc12. The predicted octanol–water partition coefficient (Wildman–Crippen LogP) is 4.97. The molecule has 7 heterocycles. The van der Waals surface area contributed by atoms with Gasteiger partial charge in [0.2, 0.25) is 29.4 Å². The lowest BCUT2D eigenvalue weighted by molar-refractivity contribution is -0.121. The molecule has 0 radical (unpaired) electrons. The summed E-state index contributed by atoms with van der Waals surface area (Å²) < 4.78 is 111. The molecule has 10 rings (SSSR count). The number of aromatic amines is 1. The first kappa shape index (κ1) is 106. The number of aryl methyl sites for hydroxylation is 6. The zero-order valence-corrected chi connectivity index (χ0v) is 78.0. The number of phosphoric ester groups is 2. The molecule has 0 aliphatic carbocycles. The Balaban J connectivity index is 0.498. The molecule has 137 heavy (non-hydrogen) atoms. The summed E-state index contributed by atoms with van der Waals surface area (Å²) >= 11 is 0. The van der Waals surface area contributed by atoms with E-state index in [0.29, 0.717) is 149 Å². The predicted molar refractivity (Wildman–Crippen MR) is 488 cm³/mol. The summed E-state index contributed by atoms with van der Waals surface area (Å²) in [6, 6.07) is 18.7. The quantitative estimate of drug-likeness (QED) is 0.0177. The van der Waals surface area contributed by atoms with Gasteiger partial charge in [0.25, 0.3) is 41.0 Å². The van der Waals surface area contributed by atoms with E-state index in [9.17, 15) is 86.1 Å². The monoisotopic (exact) mass is 1950 g/mol. The van der Waals surface area contributed by atoms with Gasteiger partial charge in [-0.1, -0.05) is 6.07 Å². The Kier molecular flexibility index (Phi) is 39.6. The van der Waals surface area contributed by atoms with Crippen molar-refractivity contribution in [1.29, 1.82) is 0 Å². The molecule has 9 amide bonds. The second-order valence-corrected chi connectivity index (χ2v) is 33.4. The number of carbonyl (C=O) groups is 9. The summed E-state index contributed by atoms with van der Waals surface area (Å²) in [5, 5.41) is 34.6. The number of rotatable bonds is 58. The summed E-state index contributed by atoms with van der Waals surface area (Å²) in [6.45, 7) is 10.4. The molecule has 10 aromatic rings. The lowest BCUT2D eigenvalue weighted by atomic mass is 9.93. The van der Waals surface area contributed by atoms with Crippen molar-refractivity contribution in [3.8, 4) is 28.4 Å². The second kappa shape index (κ2) is 51.2. The van der Waals surface area contributed by atoms with Crippen LogP contribution in [-0.4, -0.2) is 264 Å². The highest BCUT2D eigenvalue weighted by atomic mass is 31.2. The molecule has 51 heteroatoms. The Morgan fingerprint density at radius 2 is 0.905 bits per heavy atom. The molecule has 740 valence electrons. The molecule has 15 N–H and O–H groups in total. The average molecular weight is 1950 g/mol. The van der Waals surface area contributed by atoms with Crippen LogP contribution in [0.3, 0.4) is 0 Å². The molecule has 48 nitrogen and oxygen atoms in total. The van der Waals surface area contributed by atoms with Crippen LogP contribution in [0, 0.1) is 19.7 Å². The van der Waals surface area contributed by atoms with E-state index in [4.69, 9.17) is 47.4 Å². The number of pyridine rings is 1. The van der Waals surface area contributed by atoms with Gasteiger partial charge in [0, 0.05) is 139 Å². The highest BCUT2D eigenvalue weighted by molar-refractivity contribution is 7.46. The van der Waals surface area contributed by atoms with Gasteiger partial charge in [-0.15, -0.1) is 0 Å². The number of benzene rings is 3. The number of halogens is 1. The van der Waals surface area contributed by atoms with Crippen LogP contribution in [0.1, 0.15) is 113 Å². The Hall–Kier alpha value is -13.0. The van der Waals surface area contributed by atoms with Crippen molar-refractivity contribution in [3.05, 3.63) is 184 Å². The second-order valence-electron chi connectivity index (χ2n) is 30.9. The minimum absolute atomic E-state index is 0.0174. The van der Waals surface area contributed by atoms with Crippen molar-refractivity contribution in [3.63, 3.8) is 0 Å². The molecule has 0 aliphatic rings. The highest BCUT2D eigenvalue weighted by Gasteiger charge is 2.29. The number of aromatic nitrogens is 10. The fourth-order valence-corrected chi connectivity index (χ4v) is 13.6. The Labute approximate surface area is 782 Å². The first-order valence-corrected chi connectivity index (χ1v) is 45.8. The zero-order chi connectivity index (χ0) is 98.9. The minimum atomic E-state index is -5.11. The van der Waals surface area contributed by atoms with Crippen LogP contribution < -0.4 is 62.9 Å². The number of amides is 9. The standard InChI is InChI=1S/C86H110FN19O29P2/c1-54-41-57(87)42-55(2)75(54)135-68-14-9-56(86(3,4)117)43-62(68)64-49-104(8)85(116)74-63(64)46-65(96-74)79(110)93-58-10-12-61(13-11-58)132-40-39-131-38-37-130-36-35-129-34-33-128-32-31-127-30-29-126-28-27-125-26-25-124-24-22-88-71(107)15-18-92-82(113)77-99-69(50-102(77)6)97-72(108)16-19-91-81(112)67-45-60(48-106(67)53-134-137(121,122)123)95-84(115)78-100-70(51-103(78)7)98-73(109)17-20-90-80(111)66-44-59(47-105(66)52-133-136(118,119)120)94-83(114)76-89-21-23-101(76)5/h9-14,21,23,41-51,96,117H,15-20,22,24-40,52-53H2,1-8H3,(H,88,107)(H,90,111)(H,91,112)(H,92,113)(H,93,110)(H,94,114)(H,95,115)(H,97,108)(H,98,109)(H2,118,119,120)(H2,121,122,123). The number of hydrogen-bond acceptors (Lipinski definition) is 28. The minimum Gasteiger partial charge on any atom is -0.491 e. The normalized spacial score (nSPS) is 11.7. The number of aliphatic hydroxyl groups is 1. The van der Waals surface area contributed by atoms with Gasteiger partial charge in [-0.3, -0.25) is 57.0 Å². The van der Waals surface area contributed by atoms with Gasteiger partial charge in [0.15, 0.2) is 17.5 Å². The van der Waals surface area contributed by atoms with Crippen LogP contribution in [0.25, 0.3) is 22.0 Å². The van der Waals surface area contributed by atoms with Crippen molar-refractivity contribution >= 4 is 108 Å². The summed E-state index contributed by atoms with van der Waals surface area (Å²) in [6.07, 6.45) is 8.74. The van der Waals surface area contributed by atoms with Crippen molar-refractivity contribution in [2.75, 3.05) is 165 Å². The average Bonchev–Trinajstić information content (AvgIpc) is 1.64. The van der Waals surface area contributed by atoms with E-state index in [-0.39, 0.29) is 140 Å². The highest BCUT2D eigenvalue weighted by Crippen LogP contribution is 2.42. The van der Waals surface area contributed by atoms with Gasteiger partial charge < -0.3 is 152 Å². The van der Waals surface area contributed by atoms with E-state index in [1.165, 1.54) is 81.5 Å². The number of ether oxygens (including phenoxy) is 10. The molecule has 0 aliphatic heterocycles. The molecule has 7 aromatic heterocycles. The number of nitrogens with zero attached hydrogens (tertiary/aromatic N) is 9. The Bertz CT molecular complexity index is 5980.